The van der Waals surface area contributed by atoms with Crippen LogP contribution in [0.15, 0.2) is 35.5 Å². The van der Waals surface area contributed by atoms with Crippen molar-refractivity contribution in [3.63, 3.8) is 0 Å². The lowest BCUT2D eigenvalue weighted by Gasteiger charge is -2.11. The van der Waals surface area contributed by atoms with Crippen LogP contribution in [0.4, 0.5) is 0 Å². The molecule has 1 N–H and O–H groups in total. The van der Waals surface area contributed by atoms with Gasteiger partial charge in [-0.3, -0.25) is 4.79 Å². The number of hydrogen-bond donors (Lipinski definition) is 1. The molecule has 1 atom stereocenters. The number of rotatable bonds is 6. The molecule has 0 saturated heterocycles. The molecule has 1 aromatic carbocycles. The lowest BCUT2D eigenvalue weighted by molar-refractivity contribution is -0.119. The lowest BCUT2D eigenvalue weighted by Crippen LogP contribution is -2.27. The molecule has 1 unspecified atom stereocenters. The molecule has 1 heterocycles. The Morgan fingerprint density at radius 3 is 2.67 bits per heavy atom. The molecular formula is C15H20N4OS. The zero-order valence-electron chi connectivity index (χ0n) is 12.5. The molecule has 112 valence electrons. The van der Waals surface area contributed by atoms with Gasteiger partial charge >= 0.3 is 0 Å². The Morgan fingerprint density at radius 2 is 2.05 bits per heavy atom. The SMILES string of the molecule is CCn1c(Cc2ccccc2)nnc1SC(C)C(=O)NC. The van der Waals surface area contributed by atoms with E-state index in [9.17, 15) is 4.79 Å². The third kappa shape index (κ3) is 3.85. The molecule has 6 heteroatoms. The largest absolute Gasteiger partial charge is 0.358 e. The molecule has 21 heavy (non-hydrogen) atoms. The Balaban J connectivity index is 2.16. The summed E-state index contributed by atoms with van der Waals surface area (Å²) < 4.78 is 2.07. The van der Waals surface area contributed by atoms with Crippen LogP contribution in [-0.4, -0.2) is 33.0 Å². The highest BCUT2D eigenvalue weighted by Crippen LogP contribution is 2.23. The molecule has 1 amide bonds. The lowest BCUT2D eigenvalue weighted by atomic mass is 10.1. The van der Waals surface area contributed by atoms with Crippen LogP contribution in [0, 0.1) is 0 Å². The minimum absolute atomic E-state index is 0.00439. The van der Waals surface area contributed by atoms with E-state index in [1.807, 2.05) is 25.1 Å². The van der Waals surface area contributed by atoms with Crippen LogP contribution in [0.1, 0.15) is 25.2 Å². The second-order valence-electron chi connectivity index (χ2n) is 4.68. The maximum Gasteiger partial charge on any atom is 0.233 e. The van der Waals surface area contributed by atoms with Crippen LogP contribution in [-0.2, 0) is 17.8 Å². The third-order valence-corrected chi connectivity index (χ3v) is 4.29. The Labute approximate surface area is 129 Å². The highest BCUT2D eigenvalue weighted by atomic mass is 32.2. The maximum absolute atomic E-state index is 11.6. The van der Waals surface area contributed by atoms with Gasteiger partial charge in [-0.2, -0.15) is 0 Å². The van der Waals surface area contributed by atoms with Crippen LogP contribution < -0.4 is 5.32 Å². The van der Waals surface area contributed by atoms with Gasteiger partial charge in [-0.25, -0.2) is 0 Å². The number of carbonyl (C=O) groups excluding carboxylic acids is 1. The van der Waals surface area contributed by atoms with Crippen LogP contribution in [0.2, 0.25) is 0 Å². The number of thioether (sulfide) groups is 1. The van der Waals surface area contributed by atoms with E-state index in [1.165, 1.54) is 17.3 Å². The first-order chi connectivity index (χ1) is 10.2. The number of nitrogens with one attached hydrogen (secondary N) is 1. The van der Waals surface area contributed by atoms with Crippen molar-refractivity contribution in [1.82, 2.24) is 20.1 Å². The summed E-state index contributed by atoms with van der Waals surface area (Å²) in [6.07, 6.45) is 0.747. The Morgan fingerprint density at radius 1 is 1.33 bits per heavy atom. The number of nitrogens with zero attached hydrogens (tertiary/aromatic N) is 3. The zero-order valence-corrected chi connectivity index (χ0v) is 13.4. The van der Waals surface area contributed by atoms with Crippen molar-refractivity contribution in [2.75, 3.05) is 7.05 Å². The van der Waals surface area contributed by atoms with E-state index in [0.29, 0.717) is 0 Å². The van der Waals surface area contributed by atoms with Crippen molar-refractivity contribution < 1.29 is 4.79 Å². The van der Waals surface area contributed by atoms with Crippen LogP contribution in [0.3, 0.4) is 0 Å². The van der Waals surface area contributed by atoms with Gasteiger partial charge in [0, 0.05) is 20.0 Å². The second-order valence-corrected chi connectivity index (χ2v) is 5.99. The van der Waals surface area contributed by atoms with Crippen LogP contribution in [0.5, 0.6) is 0 Å². The average molecular weight is 304 g/mol. The fourth-order valence-electron chi connectivity index (χ4n) is 2.05. The van der Waals surface area contributed by atoms with Crippen LogP contribution >= 0.6 is 11.8 Å². The van der Waals surface area contributed by atoms with E-state index >= 15 is 0 Å². The average Bonchev–Trinajstić information content (AvgIpc) is 2.88. The maximum atomic E-state index is 11.6. The minimum atomic E-state index is -0.186. The number of benzene rings is 1. The fourth-order valence-corrected chi connectivity index (χ4v) is 3.04. The highest BCUT2D eigenvalue weighted by molar-refractivity contribution is 8.00. The molecule has 0 radical (unpaired) electrons. The van der Waals surface area contributed by atoms with Gasteiger partial charge in [-0.15, -0.1) is 10.2 Å². The summed E-state index contributed by atoms with van der Waals surface area (Å²) in [4.78, 5) is 11.6. The predicted molar refractivity (Wildman–Crippen MR) is 84.3 cm³/mol. The molecule has 2 aromatic rings. The van der Waals surface area contributed by atoms with E-state index in [0.717, 1.165) is 23.9 Å². The van der Waals surface area contributed by atoms with Crippen LogP contribution in [0.25, 0.3) is 0 Å². The molecule has 0 saturated carbocycles. The molecule has 0 aliphatic heterocycles. The van der Waals surface area contributed by atoms with Gasteiger partial charge in [0.1, 0.15) is 5.82 Å². The Bertz CT molecular complexity index is 597. The van der Waals surface area contributed by atoms with E-state index < -0.39 is 0 Å². The molecule has 0 aliphatic carbocycles. The van der Waals surface area contributed by atoms with Crippen molar-refractivity contribution in [3.05, 3.63) is 41.7 Å². The summed E-state index contributed by atoms with van der Waals surface area (Å²) in [7, 11) is 1.64. The summed E-state index contributed by atoms with van der Waals surface area (Å²) in [6.45, 7) is 4.72. The van der Waals surface area contributed by atoms with Gasteiger partial charge in [0.15, 0.2) is 5.16 Å². The predicted octanol–water partition coefficient (Wildman–Crippen LogP) is 2.12. The van der Waals surface area contributed by atoms with Gasteiger partial charge in [0.25, 0.3) is 0 Å². The van der Waals surface area contributed by atoms with Crippen molar-refractivity contribution >= 4 is 17.7 Å². The Kier molecular flexibility index (Phi) is 5.38. The van der Waals surface area contributed by atoms with Crippen molar-refractivity contribution in [2.45, 2.75) is 37.2 Å². The van der Waals surface area contributed by atoms with Gasteiger partial charge in [0.2, 0.25) is 5.91 Å². The summed E-state index contributed by atoms with van der Waals surface area (Å²) in [5.74, 6) is 0.922. The van der Waals surface area contributed by atoms with Crippen molar-refractivity contribution in [1.29, 1.82) is 0 Å². The standard InChI is InChI=1S/C15H20N4OS/c1-4-19-13(10-12-8-6-5-7-9-12)17-18-15(19)21-11(2)14(20)16-3/h5-9,11H,4,10H2,1-3H3,(H,16,20). The highest BCUT2D eigenvalue weighted by Gasteiger charge is 2.18. The number of amides is 1. The first kappa shape index (κ1) is 15.6. The number of aromatic nitrogens is 3. The summed E-state index contributed by atoms with van der Waals surface area (Å²) in [5.41, 5.74) is 1.20. The quantitative estimate of drug-likeness (QED) is 0.831. The van der Waals surface area contributed by atoms with E-state index in [4.69, 9.17) is 0 Å². The van der Waals surface area contributed by atoms with Gasteiger partial charge in [0.05, 0.1) is 5.25 Å². The molecule has 0 bridgehead atoms. The molecule has 0 aliphatic rings. The van der Waals surface area contributed by atoms with Gasteiger partial charge in [-0.1, -0.05) is 42.1 Å². The fraction of sp³-hybridized carbons (Fsp3) is 0.400. The molecule has 2 rings (SSSR count). The summed E-state index contributed by atoms with van der Waals surface area (Å²) in [5, 5.41) is 11.8. The first-order valence-corrected chi connectivity index (χ1v) is 7.88. The van der Waals surface area contributed by atoms with Crippen molar-refractivity contribution in [2.24, 2.45) is 0 Å². The van der Waals surface area contributed by atoms with E-state index in [2.05, 4.69) is 39.1 Å². The summed E-state index contributed by atoms with van der Waals surface area (Å²) in [6, 6.07) is 10.2. The second kappa shape index (κ2) is 7.26. The minimum Gasteiger partial charge on any atom is -0.358 e. The molecule has 0 spiro atoms. The zero-order chi connectivity index (χ0) is 15.2. The monoisotopic (exact) mass is 304 g/mol. The molecular weight excluding hydrogens is 284 g/mol. The number of carbonyl (C=O) groups is 1. The smallest absolute Gasteiger partial charge is 0.233 e. The summed E-state index contributed by atoms with van der Waals surface area (Å²) >= 11 is 1.44. The normalized spacial score (nSPS) is 12.1. The topological polar surface area (TPSA) is 59.8 Å². The van der Waals surface area contributed by atoms with Gasteiger partial charge < -0.3 is 9.88 Å². The first-order valence-electron chi connectivity index (χ1n) is 7.00. The van der Waals surface area contributed by atoms with E-state index in [-0.39, 0.29) is 11.2 Å². The molecule has 0 fully saturated rings. The third-order valence-electron chi connectivity index (χ3n) is 3.21. The van der Waals surface area contributed by atoms with Crippen molar-refractivity contribution in [3.8, 4) is 0 Å². The molecule has 1 aromatic heterocycles. The number of hydrogen-bond acceptors (Lipinski definition) is 4. The Hall–Kier alpha value is -1.82. The van der Waals surface area contributed by atoms with Gasteiger partial charge in [-0.05, 0) is 19.4 Å². The molecule has 5 nitrogen and oxygen atoms in total. The van der Waals surface area contributed by atoms with E-state index in [1.54, 1.807) is 7.05 Å².